The SMILES string of the molecule is COc1c(F)cccc1Nc1c2[nH]c3c1C(=O)NC[C@H]3C/C=C\COc1nc3c-2ccnc3[nH]c1=O. The molecular formula is C25H21FN6O4. The van der Waals surface area contributed by atoms with Crippen molar-refractivity contribution in [2.45, 2.75) is 12.3 Å². The number of fused-ring (bicyclic) bond motifs is 3. The van der Waals surface area contributed by atoms with E-state index in [2.05, 4.69) is 30.6 Å². The molecule has 4 bridgehead atoms. The van der Waals surface area contributed by atoms with Gasteiger partial charge in [-0.05, 0) is 24.6 Å². The van der Waals surface area contributed by atoms with Crippen LogP contribution in [-0.2, 0) is 0 Å². The Morgan fingerprint density at radius 3 is 2.94 bits per heavy atom. The predicted octanol–water partition coefficient (Wildman–Crippen LogP) is 3.37. The van der Waals surface area contributed by atoms with E-state index < -0.39 is 11.4 Å². The Bertz CT molecular complexity index is 1610. The average Bonchev–Trinajstić information content (AvgIpc) is 3.25. The molecule has 3 aromatic heterocycles. The Balaban J connectivity index is 1.66. The zero-order valence-electron chi connectivity index (χ0n) is 19.1. The molecule has 0 aliphatic carbocycles. The quantitative estimate of drug-likeness (QED) is 0.325. The molecule has 36 heavy (non-hydrogen) atoms. The standard InChI is InChI=1S/C25H21FN6O4/c1-35-21-14(26)6-4-7-15(21)29-20-16-17-12(11-28-23(16)33)5-2-3-10-36-25-24(34)32-22-19(31-25)13(8-9-27-22)18(20)30-17/h2-4,6-9,12,29-30H,5,10-11H2,1H3,(H,28,33)(H,27,32,34)/b3-2-/t12-/m1/s1. The first kappa shape index (κ1) is 21.8. The molecule has 1 aromatic carbocycles. The maximum Gasteiger partial charge on any atom is 0.312 e. The van der Waals surface area contributed by atoms with Crippen molar-refractivity contribution in [3.8, 4) is 22.9 Å². The largest absolute Gasteiger partial charge is 0.492 e. The molecule has 1 amide bonds. The van der Waals surface area contributed by atoms with Crippen LogP contribution in [0.1, 0.15) is 28.4 Å². The number of aromatic amines is 2. The van der Waals surface area contributed by atoms with E-state index in [1.54, 1.807) is 24.4 Å². The first-order valence-electron chi connectivity index (χ1n) is 11.4. The molecule has 4 aromatic rings. The van der Waals surface area contributed by atoms with Gasteiger partial charge in [-0.2, -0.15) is 0 Å². The molecule has 5 heterocycles. The number of ether oxygens (including phenoxy) is 2. The molecular weight excluding hydrogens is 467 g/mol. The fourth-order valence-corrected chi connectivity index (χ4v) is 4.67. The van der Waals surface area contributed by atoms with Crippen LogP contribution in [0.3, 0.4) is 0 Å². The Morgan fingerprint density at radius 1 is 1.19 bits per heavy atom. The number of nitrogens with one attached hydrogen (secondary N) is 4. The number of carbonyl (C=O) groups excluding carboxylic acids is 1. The number of methoxy groups -OCH3 is 1. The first-order valence-corrected chi connectivity index (χ1v) is 11.4. The Morgan fingerprint density at radius 2 is 2.08 bits per heavy atom. The number of allylic oxidation sites excluding steroid dienone is 1. The summed E-state index contributed by atoms with van der Waals surface area (Å²) in [6.07, 6.45) is 5.91. The van der Waals surface area contributed by atoms with Gasteiger partial charge in [0.1, 0.15) is 12.1 Å². The van der Waals surface area contributed by atoms with Gasteiger partial charge < -0.3 is 30.1 Å². The maximum absolute atomic E-state index is 14.5. The smallest absolute Gasteiger partial charge is 0.312 e. The summed E-state index contributed by atoms with van der Waals surface area (Å²) in [5.41, 5.74) is 3.19. The summed E-state index contributed by atoms with van der Waals surface area (Å²) in [6, 6.07) is 6.24. The van der Waals surface area contributed by atoms with Gasteiger partial charge in [0.15, 0.2) is 17.2 Å². The summed E-state index contributed by atoms with van der Waals surface area (Å²) in [6.45, 7) is 0.612. The number of hydrogen-bond donors (Lipinski definition) is 4. The van der Waals surface area contributed by atoms with Crippen LogP contribution in [0.15, 0.2) is 47.4 Å². The summed E-state index contributed by atoms with van der Waals surface area (Å²) >= 11 is 0. The van der Waals surface area contributed by atoms with Gasteiger partial charge in [0.2, 0.25) is 0 Å². The van der Waals surface area contributed by atoms with E-state index in [-0.39, 0.29) is 35.7 Å². The minimum absolute atomic E-state index is 0.0150. The third-order valence-corrected chi connectivity index (χ3v) is 6.34. The number of hydrogen-bond acceptors (Lipinski definition) is 7. The number of carbonyl (C=O) groups is 1. The van der Waals surface area contributed by atoms with E-state index in [1.165, 1.54) is 13.2 Å². The van der Waals surface area contributed by atoms with Gasteiger partial charge in [0.25, 0.3) is 11.8 Å². The molecule has 2 aliphatic heterocycles. The number of halogens is 1. The molecule has 0 saturated heterocycles. The highest BCUT2D eigenvalue weighted by Gasteiger charge is 2.33. The van der Waals surface area contributed by atoms with Crippen molar-refractivity contribution in [2.24, 2.45) is 0 Å². The van der Waals surface area contributed by atoms with Crippen LogP contribution in [0.2, 0.25) is 0 Å². The van der Waals surface area contributed by atoms with Crippen LogP contribution in [-0.4, -0.2) is 46.1 Å². The van der Waals surface area contributed by atoms with Gasteiger partial charge in [-0.25, -0.2) is 14.4 Å². The van der Waals surface area contributed by atoms with Crippen LogP contribution in [0.4, 0.5) is 15.8 Å². The zero-order chi connectivity index (χ0) is 24.8. The van der Waals surface area contributed by atoms with E-state index in [0.717, 1.165) is 5.69 Å². The van der Waals surface area contributed by atoms with Crippen molar-refractivity contribution in [3.63, 3.8) is 0 Å². The lowest BCUT2D eigenvalue weighted by molar-refractivity contribution is 0.0941. The number of para-hydroxylation sites is 1. The molecule has 6 rings (SSSR count). The van der Waals surface area contributed by atoms with Gasteiger partial charge in [0, 0.05) is 29.9 Å². The summed E-state index contributed by atoms with van der Waals surface area (Å²) in [4.78, 5) is 40.5. The maximum atomic E-state index is 14.5. The van der Waals surface area contributed by atoms with Crippen molar-refractivity contribution in [1.82, 2.24) is 25.3 Å². The Hall–Kier alpha value is -4.67. The zero-order valence-corrected chi connectivity index (χ0v) is 19.1. The van der Waals surface area contributed by atoms with E-state index in [0.29, 0.717) is 46.7 Å². The molecule has 0 radical (unpaired) electrons. The normalized spacial score (nSPS) is 17.4. The average molecular weight is 488 g/mol. The van der Waals surface area contributed by atoms with Crippen molar-refractivity contribution >= 4 is 28.4 Å². The van der Waals surface area contributed by atoms with Gasteiger partial charge in [-0.3, -0.25) is 9.59 Å². The van der Waals surface area contributed by atoms with Crippen molar-refractivity contribution in [1.29, 1.82) is 0 Å². The van der Waals surface area contributed by atoms with E-state index >= 15 is 0 Å². The minimum atomic E-state index is -0.543. The third-order valence-electron chi connectivity index (χ3n) is 6.34. The molecule has 0 saturated carbocycles. The molecule has 0 spiro atoms. The van der Waals surface area contributed by atoms with Crippen molar-refractivity contribution < 1.29 is 18.7 Å². The molecule has 0 unspecified atom stereocenters. The second kappa shape index (κ2) is 8.52. The topological polar surface area (TPSA) is 134 Å². The summed E-state index contributed by atoms with van der Waals surface area (Å²) in [5.74, 6) is -0.926. The van der Waals surface area contributed by atoms with Crippen LogP contribution in [0, 0.1) is 5.82 Å². The van der Waals surface area contributed by atoms with Gasteiger partial charge in [-0.1, -0.05) is 18.2 Å². The molecule has 11 heteroatoms. The highest BCUT2D eigenvalue weighted by molar-refractivity contribution is 6.08. The minimum Gasteiger partial charge on any atom is -0.492 e. The third kappa shape index (κ3) is 3.47. The van der Waals surface area contributed by atoms with Crippen LogP contribution < -0.4 is 25.7 Å². The van der Waals surface area contributed by atoms with E-state index in [4.69, 9.17) is 9.47 Å². The lowest BCUT2D eigenvalue weighted by atomic mass is 9.93. The van der Waals surface area contributed by atoms with E-state index in [9.17, 15) is 14.0 Å². The lowest BCUT2D eigenvalue weighted by Gasteiger charge is -2.23. The van der Waals surface area contributed by atoms with Gasteiger partial charge >= 0.3 is 5.56 Å². The Kier molecular flexibility index (Phi) is 5.17. The molecule has 4 N–H and O–H groups in total. The van der Waals surface area contributed by atoms with Crippen LogP contribution >= 0.6 is 0 Å². The highest BCUT2D eigenvalue weighted by atomic mass is 19.1. The van der Waals surface area contributed by atoms with E-state index in [1.807, 2.05) is 12.2 Å². The molecule has 0 fully saturated rings. The first-order chi connectivity index (χ1) is 17.5. The molecule has 2 aliphatic rings. The van der Waals surface area contributed by atoms with Crippen molar-refractivity contribution in [3.05, 3.63) is 70.0 Å². The number of nitrogens with zero attached hydrogens (tertiary/aromatic N) is 2. The lowest BCUT2D eigenvalue weighted by Crippen LogP contribution is -2.34. The second-order valence-corrected chi connectivity index (χ2v) is 8.46. The molecule has 182 valence electrons. The number of H-pyrrole nitrogens is 2. The number of anilines is 2. The number of aromatic nitrogens is 4. The van der Waals surface area contributed by atoms with Gasteiger partial charge in [-0.15, -0.1) is 0 Å². The number of amides is 1. The summed E-state index contributed by atoms with van der Waals surface area (Å²) in [5, 5.41) is 6.18. The number of rotatable bonds is 3. The molecule has 10 nitrogen and oxygen atoms in total. The Labute approximate surface area is 203 Å². The fourth-order valence-electron chi connectivity index (χ4n) is 4.67. The number of pyridine rings is 1. The van der Waals surface area contributed by atoms with Crippen LogP contribution in [0.25, 0.3) is 22.4 Å². The fraction of sp³-hybridized carbons (Fsp3) is 0.200. The van der Waals surface area contributed by atoms with Gasteiger partial charge in [0.05, 0.1) is 29.7 Å². The highest BCUT2D eigenvalue weighted by Crippen LogP contribution is 2.43. The predicted molar refractivity (Wildman–Crippen MR) is 131 cm³/mol. The van der Waals surface area contributed by atoms with Crippen molar-refractivity contribution in [2.75, 3.05) is 25.6 Å². The summed E-state index contributed by atoms with van der Waals surface area (Å²) in [7, 11) is 1.38. The number of benzene rings is 1. The summed E-state index contributed by atoms with van der Waals surface area (Å²) < 4.78 is 25.4. The monoisotopic (exact) mass is 488 g/mol. The second-order valence-electron chi connectivity index (χ2n) is 8.46. The van der Waals surface area contributed by atoms with Crippen LogP contribution in [0.5, 0.6) is 11.6 Å². The molecule has 1 atom stereocenters.